The molecule has 0 atom stereocenters. The maximum atomic E-state index is 4.99. The van der Waals surface area contributed by atoms with Crippen molar-refractivity contribution in [1.29, 1.82) is 0 Å². The van der Waals surface area contributed by atoms with Crippen LogP contribution < -0.4 is 10.7 Å². The number of aromatic nitrogens is 3. The SMILES string of the molecule is Cc1cncc(Nc2cc3nc4ccccc4n(-c4ccccc4)c-3c/c2=N\C(C)C)c1. The fourth-order valence-corrected chi connectivity index (χ4v) is 3.96. The van der Waals surface area contributed by atoms with Crippen LogP contribution in [-0.2, 0) is 0 Å². The van der Waals surface area contributed by atoms with E-state index in [1.54, 1.807) is 0 Å². The molecule has 32 heavy (non-hydrogen) atoms. The van der Waals surface area contributed by atoms with E-state index in [9.17, 15) is 0 Å². The van der Waals surface area contributed by atoms with E-state index in [2.05, 4.69) is 89.4 Å². The van der Waals surface area contributed by atoms with Crippen LogP contribution in [0.15, 0.2) is 90.2 Å². The van der Waals surface area contributed by atoms with E-state index in [1.165, 1.54) is 0 Å². The maximum Gasteiger partial charge on any atom is 0.0900 e. The van der Waals surface area contributed by atoms with Gasteiger partial charge in [-0.2, -0.15) is 0 Å². The summed E-state index contributed by atoms with van der Waals surface area (Å²) in [4.78, 5) is 14.2. The highest BCUT2D eigenvalue weighted by Gasteiger charge is 2.16. The zero-order valence-electron chi connectivity index (χ0n) is 18.4. The number of benzene rings is 3. The van der Waals surface area contributed by atoms with Crippen LogP contribution in [0.25, 0.3) is 28.1 Å². The van der Waals surface area contributed by atoms with Crippen molar-refractivity contribution in [3.05, 3.63) is 96.1 Å². The van der Waals surface area contributed by atoms with Gasteiger partial charge in [-0.05, 0) is 68.8 Å². The van der Waals surface area contributed by atoms with Crippen molar-refractivity contribution in [2.45, 2.75) is 26.8 Å². The third-order valence-corrected chi connectivity index (χ3v) is 5.26. The van der Waals surface area contributed by atoms with Crippen molar-refractivity contribution in [2.75, 3.05) is 5.32 Å². The van der Waals surface area contributed by atoms with E-state index in [0.29, 0.717) is 0 Å². The van der Waals surface area contributed by atoms with Gasteiger partial charge in [0, 0.05) is 17.9 Å². The van der Waals surface area contributed by atoms with E-state index in [1.807, 2.05) is 31.5 Å². The third-order valence-electron chi connectivity index (χ3n) is 5.26. The molecule has 2 aromatic carbocycles. The van der Waals surface area contributed by atoms with Crippen LogP contribution in [0.2, 0.25) is 0 Å². The molecular formula is C27H25N5. The van der Waals surface area contributed by atoms with Gasteiger partial charge in [-0.1, -0.05) is 30.3 Å². The molecular weight excluding hydrogens is 394 g/mol. The first-order valence-corrected chi connectivity index (χ1v) is 10.8. The molecule has 3 aromatic rings. The lowest BCUT2D eigenvalue weighted by atomic mass is 10.1. The Morgan fingerprint density at radius 2 is 1.69 bits per heavy atom. The largest absolute Gasteiger partial charge is 0.352 e. The van der Waals surface area contributed by atoms with Gasteiger partial charge in [-0.25, -0.2) is 4.98 Å². The van der Waals surface area contributed by atoms with Gasteiger partial charge in [-0.15, -0.1) is 0 Å². The topological polar surface area (TPSA) is 55.1 Å². The summed E-state index contributed by atoms with van der Waals surface area (Å²) < 4.78 is 2.26. The number of anilines is 2. The van der Waals surface area contributed by atoms with Crippen LogP contribution in [0.1, 0.15) is 19.4 Å². The molecule has 0 saturated carbocycles. The van der Waals surface area contributed by atoms with Crippen molar-refractivity contribution in [3.63, 3.8) is 0 Å². The van der Waals surface area contributed by atoms with E-state index in [0.717, 1.165) is 50.4 Å². The number of rotatable bonds is 4. The molecule has 0 amide bonds. The molecule has 1 aliphatic carbocycles. The second kappa shape index (κ2) is 8.27. The smallest absolute Gasteiger partial charge is 0.0900 e. The summed E-state index contributed by atoms with van der Waals surface area (Å²) in [5, 5.41) is 4.41. The van der Waals surface area contributed by atoms with Crippen LogP contribution in [0.4, 0.5) is 11.4 Å². The van der Waals surface area contributed by atoms with Crippen LogP contribution in [0.3, 0.4) is 0 Å². The Hall–Kier alpha value is -3.99. The fourth-order valence-electron chi connectivity index (χ4n) is 3.96. The van der Waals surface area contributed by atoms with E-state index >= 15 is 0 Å². The first-order valence-electron chi connectivity index (χ1n) is 10.8. The third kappa shape index (κ3) is 3.85. The first kappa shape index (κ1) is 19.9. The average molecular weight is 420 g/mol. The van der Waals surface area contributed by atoms with Crippen molar-refractivity contribution in [1.82, 2.24) is 14.5 Å². The van der Waals surface area contributed by atoms with E-state index in [4.69, 9.17) is 9.98 Å². The lowest BCUT2D eigenvalue weighted by Gasteiger charge is -2.20. The number of para-hydroxylation sites is 3. The molecule has 0 bridgehead atoms. The van der Waals surface area contributed by atoms with Crippen LogP contribution in [0.5, 0.6) is 0 Å². The van der Waals surface area contributed by atoms with Crippen molar-refractivity contribution < 1.29 is 0 Å². The average Bonchev–Trinajstić information content (AvgIpc) is 2.78. The first-order chi connectivity index (χ1) is 15.6. The van der Waals surface area contributed by atoms with Gasteiger partial charge in [0.05, 0.1) is 45.4 Å². The minimum atomic E-state index is 0.155. The number of hydrogen-bond donors (Lipinski definition) is 1. The molecule has 0 spiro atoms. The van der Waals surface area contributed by atoms with Crippen molar-refractivity contribution in [2.24, 2.45) is 4.99 Å². The zero-order valence-corrected chi connectivity index (χ0v) is 18.4. The number of pyridine rings is 1. The molecule has 158 valence electrons. The molecule has 0 radical (unpaired) electrons. The Kier molecular flexibility index (Phi) is 5.15. The van der Waals surface area contributed by atoms with Crippen LogP contribution in [-0.4, -0.2) is 20.6 Å². The van der Waals surface area contributed by atoms with Gasteiger partial charge in [-0.3, -0.25) is 9.98 Å². The Balaban J connectivity index is 1.82. The zero-order chi connectivity index (χ0) is 22.1. The van der Waals surface area contributed by atoms with Gasteiger partial charge in [0.2, 0.25) is 0 Å². The number of nitrogens with one attached hydrogen (secondary N) is 1. The highest BCUT2D eigenvalue weighted by Crippen LogP contribution is 2.30. The summed E-state index contributed by atoms with van der Waals surface area (Å²) in [7, 11) is 0. The molecule has 0 saturated heterocycles. The fraction of sp³-hybridized carbons (Fsp3) is 0.148. The number of nitrogens with zero attached hydrogens (tertiary/aromatic N) is 4. The lowest BCUT2D eigenvalue weighted by molar-refractivity contribution is 0.806. The monoisotopic (exact) mass is 419 g/mol. The predicted molar refractivity (Wildman–Crippen MR) is 131 cm³/mol. The molecule has 5 nitrogen and oxygen atoms in total. The molecule has 1 N–H and O–H groups in total. The molecule has 2 aliphatic rings. The molecule has 0 fully saturated rings. The minimum Gasteiger partial charge on any atom is -0.352 e. The maximum absolute atomic E-state index is 4.99. The molecule has 5 heteroatoms. The molecule has 5 rings (SSSR count). The summed E-state index contributed by atoms with van der Waals surface area (Å²) in [6.07, 6.45) is 3.68. The van der Waals surface area contributed by atoms with Gasteiger partial charge >= 0.3 is 0 Å². The van der Waals surface area contributed by atoms with Crippen molar-refractivity contribution >= 4 is 22.4 Å². The lowest BCUT2D eigenvalue weighted by Crippen LogP contribution is -2.16. The molecule has 0 unspecified atom stereocenters. The highest BCUT2D eigenvalue weighted by molar-refractivity contribution is 5.84. The summed E-state index contributed by atoms with van der Waals surface area (Å²) in [5.41, 5.74) is 7.97. The van der Waals surface area contributed by atoms with Gasteiger partial charge in [0.25, 0.3) is 0 Å². The summed E-state index contributed by atoms with van der Waals surface area (Å²) in [5.74, 6) is 0. The normalized spacial score (nSPS) is 12.1. The van der Waals surface area contributed by atoms with Crippen molar-refractivity contribution in [3.8, 4) is 17.1 Å². The Bertz CT molecular complexity index is 1430. The summed E-state index contributed by atoms with van der Waals surface area (Å²) >= 11 is 0. The minimum absolute atomic E-state index is 0.155. The predicted octanol–water partition coefficient (Wildman–Crippen LogP) is 5.89. The summed E-state index contributed by atoms with van der Waals surface area (Å²) in [6.45, 7) is 6.21. The highest BCUT2D eigenvalue weighted by atomic mass is 15.0. The number of hydrogen-bond acceptors (Lipinski definition) is 4. The summed E-state index contributed by atoms with van der Waals surface area (Å²) in [6, 6.07) is 25.1. The van der Waals surface area contributed by atoms with E-state index < -0.39 is 0 Å². The van der Waals surface area contributed by atoms with Gasteiger partial charge in [0.1, 0.15) is 0 Å². The van der Waals surface area contributed by atoms with Crippen LogP contribution in [0, 0.1) is 6.92 Å². The Morgan fingerprint density at radius 1 is 0.906 bits per heavy atom. The second-order valence-electron chi connectivity index (χ2n) is 8.23. The van der Waals surface area contributed by atoms with Gasteiger partial charge < -0.3 is 9.88 Å². The molecule has 2 heterocycles. The molecule has 1 aliphatic heterocycles. The quantitative estimate of drug-likeness (QED) is 0.370. The number of aryl methyl sites for hydroxylation is 1. The standard InChI is InChI=1S/C27H25N5/c1-18(2)29-24-15-27-25(14-23(24)30-20-13-19(3)16-28-17-20)31-22-11-7-8-12-26(22)32(27)21-9-5-4-6-10-21/h4-18,30H,1-3H3/b29-24+. The van der Waals surface area contributed by atoms with E-state index in [-0.39, 0.29) is 6.04 Å². The van der Waals surface area contributed by atoms with Crippen LogP contribution >= 0.6 is 0 Å². The number of fused-ring (bicyclic) bond motifs is 2. The Labute approximate surface area is 187 Å². The molecule has 1 aromatic heterocycles. The van der Waals surface area contributed by atoms with Gasteiger partial charge in [0.15, 0.2) is 0 Å². The Morgan fingerprint density at radius 3 is 2.47 bits per heavy atom. The second-order valence-corrected chi connectivity index (χ2v) is 8.23.